The summed E-state index contributed by atoms with van der Waals surface area (Å²) in [4.78, 5) is 25.9. The van der Waals surface area contributed by atoms with Crippen molar-refractivity contribution in [2.45, 2.75) is 98.8 Å². The van der Waals surface area contributed by atoms with E-state index >= 15 is 0 Å². The van der Waals surface area contributed by atoms with Crippen molar-refractivity contribution in [3.63, 3.8) is 0 Å². The molecular formula is C28H42O3. The van der Waals surface area contributed by atoms with E-state index in [2.05, 4.69) is 40.7 Å². The van der Waals surface area contributed by atoms with Gasteiger partial charge in [0.05, 0.1) is 12.5 Å². The fourth-order valence-corrected chi connectivity index (χ4v) is 9.62. The predicted octanol–water partition coefficient (Wildman–Crippen LogP) is 6.50. The minimum Gasteiger partial charge on any atom is -0.469 e. The average molecular weight is 427 g/mol. The van der Waals surface area contributed by atoms with Gasteiger partial charge in [0.15, 0.2) is 0 Å². The number of Topliss-reactive ketones (excluding diaryl/α,β-unsaturated/α-hetero) is 1. The first-order chi connectivity index (χ1) is 14.4. The Morgan fingerprint density at radius 2 is 1.68 bits per heavy atom. The first kappa shape index (κ1) is 21.7. The maximum atomic E-state index is 13.2. The van der Waals surface area contributed by atoms with E-state index in [1.807, 2.05) is 0 Å². The van der Waals surface area contributed by atoms with Crippen molar-refractivity contribution in [1.29, 1.82) is 0 Å². The molecule has 0 N–H and O–H groups in total. The van der Waals surface area contributed by atoms with E-state index in [-0.39, 0.29) is 39.0 Å². The van der Waals surface area contributed by atoms with Crippen LogP contribution >= 0.6 is 0 Å². The van der Waals surface area contributed by atoms with E-state index in [9.17, 15) is 9.59 Å². The monoisotopic (exact) mass is 426 g/mol. The topological polar surface area (TPSA) is 43.4 Å². The van der Waals surface area contributed by atoms with Crippen LogP contribution in [0.3, 0.4) is 0 Å². The molecule has 5 aliphatic carbocycles. The molecule has 5 aliphatic rings. The van der Waals surface area contributed by atoms with Crippen molar-refractivity contribution in [3.05, 3.63) is 11.6 Å². The Hall–Kier alpha value is -1.12. The third kappa shape index (κ3) is 2.58. The molecule has 0 aliphatic heterocycles. The van der Waals surface area contributed by atoms with Crippen LogP contribution in [0.15, 0.2) is 11.6 Å². The molecule has 0 aromatic carbocycles. The van der Waals surface area contributed by atoms with Crippen LogP contribution in [-0.4, -0.2) is 18.9 Å². The van der Waals surface area contributed by atoms with Gasteiger partial charge in [0.2, 0.25) is 0 Å². The van der Waals surface area contributed by atoms with Crippen LogP contribution in [0.4, 0.5) is 0 Å². The number of allylic oxidation sites excluding steroid dienone is 2. The first-order valence-corrected chi connectivity index (χ1v) is 12.8. The number of rotatable bonds is 1. The van der Waals surface area contributed by atoms with Gasteiger partial charge in [0.25, 0.3) is 0 Å². The maximum absolute atomic E-state index is 13.2. The van der Waals surface area contributed by atoms with Crippen molar-refractivity contribution < 1.29 is 14.3 Å². The van der Waals surface area contributed by atoms with Crippen molar-refractivity contribution >= 4 is 11.8 Å². The van der Waals surface area contributed by atoms with Crippen molar-refractivity contribution in [1.82, 2.24) is 0 Å². The minimum absolute atomic E-state index is 0.0280. The Bertz CT molecular complexity index is 854. The number of fused-ring (bicyclic) bond motifs is 7. The summed E-state index contributed by atoms with van der Waals surface area (Å²) in [5.74, 6) is 1.69. The average Bonchev–Trinajstić information content (AvgIpc) is 3.02. The molecule has 4 fully saturated rings. The second-order valence-corrected chi connectivity index (χ2v) is 13.3. The third-order valence-corrected chi connectivity index (χ3v) is 11.8. The molecule has 0 bridgehead atoms. The van der Waals surface area contributed by atoms with E-state index in [1.54, 1.807) is 12.7 Å². The largest absolute Gasteiger partial charge is 0.469 e. The van der Waals surface area contributed by atoms with Crippen molar-refractivity contribution in [3.8, 4) is 0 Å². The fraction of sp³-hybridized carbons (Fsp3) is 0.857. The van der Waals surface area contributed by atoms with E-state index in [1.165, 1.54) is 0 Å². The highest BCUT2D eigenvalue weighted by Gasteiger charge is 2.68. The molecule has 172 valence electrons. The van der Waals surface area contributed by atoms with Crippen LogP contribution in [0.2, 0.25) is 0 Å². The highest BCUT2D eigenvalue weighted by atomic mass is 16.5. The highest BCUT2D eigenvalue weighted by molar-refractivity contribution is 5.84. The molecule has 5 rings (SSSR count). The lowest BCUT2D eigenvalue weighted by molar-refractivity contribution is -0.174. The molecule has 3 heteroatoms. The van der Waals surface area contributed by atoms with Gasteiger partial charge in [0, 0.05) is 12.3 Å². The van der Waals surface area contributed by atoms with Gasteiger partial charge in [0.1, 0.15) is 5.78 Å². The second-order valence-electron chi connectivity index (χ2n) is 13.3. The van der Waals surface area contributed by atoms with Crippen LogP contribution in [0.1, 0.15) is 98.8 Å². The van der Waals surface area contributed by atoms with Gasteiger partial charge >= 0.3 is 5.97 Å². The number of methoxy groups -OCH3 is 1. The summed E-state index contributed by atoms with van der Waals surface area (Å²) in [7, 11) is 1.58. The number of ketones is 1. The van der Waals surface area contributed by atoms with Gasteiger partial charge in [-0.15, -0.1) is 0 Å². The minimum atomic E-state index is -0.330. The molecule has 0 radical (unpaired) electrons. The molecule has 0 aromatic heterocycles. The summed E-state index contributed by atoms with van der Waals surface area (Å²) in [6.45, 7) is 12.3. The Kier molecular flexibility index (Phi) is 4.53. The lowest BCUT2D eigenvalue weighted by Crippen LogP contribution is -2.61. The van der Waals surface area contributed by atoms with Crippen molar-refractivity contribution in [2.24, 2.45) is 44.8 Å². The lowest BCUT2D eigenvalue weighted by Gasteiger charge is -2.68. The van der Waals surface area contributed by atoms with E-state index in [4.69, 9.17) is 4.74 Å². The smallest absolute Gasteiger partial charge is 0.312 e. The zero-order valence-electron chi connectivity index (χ0n) is 20.6. The summed E-state index contributed by atoms with van der Waals surface area (Å²) >= 11 is 0. The Morgan fingerprint density at radius 1 is 0.968 bits per heavy atom. The number of hydrogen-bond donors (Lipinski definition) is 0. The maximum Gasteiger partial charge on any atom is 0.312 e. The quantitative estimate of drug-likeness (QED) is 0.355. The van der Waals surface area contributed by atoms with Gasteiger partial charge in [-0.3, -0.25) is 9.59 Å². The van der Waals surface area contributed by atoms with Crippen LogP contribution in [-0.2, 0) is 14.3 Å². The number of hydrogen-bond acceptors (Lipinski definition) is 3. The summed E-state index contributed by atoms with van der Waals surface area (Å²) < 4.78 is 5.44. The number of esters is 1. The Labute approximate surface area is 188 Å². The molecule has 0 spiro atoms. The molecule has 3 nitrogen and oxygen atoms in total. The van der Waals surface area contributed by atoms with Crippen LogP contribution in [0.5, 0.6) is 0 Å². The van der Waals surface area contributed by atoms with E-state index in [0.29, 0.717) is 17.6 Å². The molecule has 0 aromatic rings. The van der Waals surface area contributed by atoms with E-state index < -0.39 is 0 Å². The molecule has 0 saturated heterocycles. The molecule has 4 saturated carbocycles. The zero-order valence-corrected chi connectivity index (χ0v) is 20.6. The van der Waals surface area contributed by atoms with Crippen LogP contribution in [0.25, 0.3) is 0 Å². The van der Waals surface area contributed by atoms with Gasteiger partial charge < -0.3 is 4.74 Å². The summed E-state index contributed by atoms with van der Waals surface area (Å²) in [5, 5.41) is 0. The predicted molar refractivity (Wildman–Crippen MR) is 122 cm³/mol. The zero-order chi connectivity index (χ0) is 22.4. The van der Waals surface area contributed by atoms with Gasteiger partial charge in [-0.25, -0.2) is 0 Å². The molecule has 31 heavy (non-hydrogen) atoms. The third-order valence-electron chi connectivity index (χ3n) is 11.8. The fourth-order valence-electron chi connectivity index (χ4n) is 9.62. The highest BCUT2D eigenvalue weighted by Crippen LogP contribution is 2.74. The first-order valence-electron chi connectivity index (χ1n) is 12.8. The molecule has 0 heterocycles. The SMILES string of the molecule is COC(=O)[C@]12CCC(C)(C)CC1C1=CCC3[C@@]4(C)CCC(=O)C4CC[C@@]3(C)[C@]1(C)CC2. The number of carbonyl (C=O) groups is 2. The van der Waals surface area contributed by atoms with Crippen LogP contribution < -0.4 is 0 Å². The lowest BCUT2D eigenvalue weighted by atomic mass is 9.36. The molecule has 3 unspecified atom stereocenters. The van der Waals surface area contributed by atoms with Gasteiger partial charge in [-0.1, -0.05) is 46.3 Å². The van der Waals surface area contributed by atoms with Crippen molar-refractivity contribution in [2.75, 3.05) is 7.11 Å². The summed E-state index contributed by atoms with van der Waals surface area (Å²) in [5.41, 5.74) is 1.98. The standard InChI is InChI=1S/C28H42O3/c1-24(2)13-15-28(23(30)31-6)16-14-26(4)18(20(28)17-24)7-8-22-25(3)11-10-21(29)19(25)9-12-27(22,26)5/h7,19-20,22H,8-17H2,1-6H3/t19?,20?,22?,25-,26+,27+,28-/m0/s1. The Morgan fingerprint density at radius 3 is 2.39 bits per heavy atom. The Balaban J connectivity index is 1.61. The van der Waals surface area contributed by atoms with Gasteiger partial charge in [-0.05, 0) is 91.3 Å². The van der Waals surface area contributed by atoms with E-state index in [0.717, 1.165) is 64.2 Å². The second kappa shape index (κ2) is 6.48. The van der Waals surface area contributed by atoms with Crippen LogP contribution in [0, 0.1) is 44.8 Å². The molecule has 0 amide bonds. The molecular weight excluding hydrogens is 384 g/mol. The molecule has 7 atom stereocenters. The summed E-state index contributed by atoms with van der Waals surface area (Å²) in [6.07, 6.45) is 12.9. The normalized spacial score (nSPS) is 50.5. The van der Waals surface area contributed by atoms with Gasteiger partial charge in [-0.2, -0.15) is 0 Å². The number of carbonyl (C=O) groups excluding carboxylic acids is 2. The summed E-state index contributed by atoms with van der Waals surface area (Å²) in [6, 6.07) is 0. The number of ether oxygens (including phenoxy) is 1.